The summed E-state index contributed by atoms with van der Waals surface area (Å²) in [6, 6.07) is 5.56. The molecule has 2 aromatic carbocycles. The molecular formula is C35H31F5N6O2. The first-order valence-corrected chi connectivity index (χ1v) is 16.2. The third kappa shape index (κ3) is 4.38. The van der Waals surface area contributed by atoms with E-state index >= 15 is 4.39 Å². The number of aromatic hydroxyl groups is 1. The summed E-state index contributed by atoms with van der Waals surface area (Å²) in [6.07, 6.45) is 7.81. The molecule has 4 aromatic rings. The number of alkyl halides is 3. The molecule has 0 amide bonds. The van der Waals surface area contributed by atoms with E-state index in [1.165, 1.54) is 30.5 Å². The average molecular weight is 663 g/mol. The lowest BCUT2D eigenvalue weighted by molar-refractivity contribution is 0.0634. The fraction of sp³-hybridized carbons (Fsp3) is 0.457. The number of ether oxygens (including phenoxy) is 1. The molecule has 2 aromatic heterocycles. The summed E-state index contributed by atoms with van der Waals surface area (Å²) >= 11 is 0. The van der Waals surface area contributed by atoms with Crippen molar-refractivity contribution in [2.24, 2.45) is 5.41 Å². The van der Waals surface area contributed by atoms with E-state index in [0.29, 0.717) is 29.7 Å². The molecule has 13 heteroatoms. The smallest absolute Gasteiger partial charge is 0.319 e. The number of aromatic nitrogens is 3. The third-order valence-corrected chi connectivity index (χ3v) is 11.1. The Balaban J connectivity index is 1.16. The number of hydrogen-bond donors (Lipinski definition) is 2. The first-order valence-electron chi connectivity index (χ1n) is 16.2. The fourth-order valence-corrected chi connectivity index (χ4v) is 8.89. The number of phenols is 1. The standard InChI is InChI=1S/C35H31F5N6O2/c1-2-23-26(37)6-3-18-7-22(47)8-24(27(18)23)29-28(38)30-25(10-41-29)31(45-12-20-4-5-21(13-45)42-20)44-32(43-30)48-17-34-9-19(36)11-46(34)16-33(14-34)15-35(33,39)40/h1,3,6-8,10,19-21,42,47H,4-5,9,11-17H2/t19-,20-,21+,33-,34+/m0/s1. The van der Waals surface area contributed by atoms with Crippen molar-refractivity contribution in [3.05, 3.63) is 47.7 Å². The Morgan fingerprint density at radius 1 is 1.08 bits per heavy atom. The predicted octanol–water partition coefficient (Wildman–Crippen LogP) is 5.34. The summed E-state index contributed by atoms with van der Waals surface area (Å²) in [5.74, 6) is -1.79. The van der Waals surface area contributed by atoms with Gasteiger partial charge in [-0.3, -0.25) is 9.88 Å². The van der Waals surface area contributed by atoms with Gasteiger partial charge in [-0.1, -0.05) is 12.0 Å². The number of pyridine rings is 1. The second kappa shape index (κ2) is 10.1. The van der Waals surface area contributed by atoms with Crippen molar-refractivity contribution in [1.82, 2.24) is 25.2 Å². The van der Waals surface area contributed by atoms with Gasteiger partial charge in [-0.2, -0.15) is 9.97 Å². The Morgan fingerprint density at radius 2 is 1.85 bits per heavy atom. The Bertz CT molecular complexity index is 2060. The number of hydrogen-bond acceptors (Lipinski definition) is 8. The number of anilines is 1. The zero-order valence-electron chi connectivity index (χ0n) is 25.7. The normalized spacial score (nSPS) is 30.3. The van der Waals surface area contributed by atoms with E-state index in [0.717, 1.165) is 12.8 Å². The number of terminal acetylenes is 1. The van der Waals surface area contributed by atoms with E-state index in [9.17, 15) is 22.7 Å². The van der Waals surface area contributed by atoms with E-state index in [-0.39, 0.29) is 90.5 Å². The largest absolute Gasteiger partial charge is 0.508 e. The van der Waals surface area contributed by atoms with Crippen LogP contribution in [0.2, 0.25) is 0 Å². The molecule has 248 valence electrons. The number of halogens is 5. The average Bonchev–Trinajstić information content (AvgIpc) is 3.30. The summed E-state index contributed by atoms with van der Waals surface area (Å²) in [4.78, 5) is 17.5. The van der Waals surface area contributed by atoms with Gasteiger partial charge < -0.3 is 20.1 Å². The van der Waals surface area contributed by atoms with Gasteiger partial charge >= 0.3 is 6.01 Å². The molecule has 4 saturated heterocycles. The summed E-state index contributed by atoms with van der Waals surface area (Å²) in [5.41, 5.74) is -2.49. The van der Waals surface area contributed by atoms with Gasteiger partial charge in [-0.05, 0) is 42.8 Å². The second-order valence-corrected chi connectivity index (χ2v) is 14.2. The number of benzene rings is 2. The summed E-state index contributed by atoms with van der Waals surface area (Å²) in [7, 11) is 0. The van der Waals surface area contributed by atoms with Gasteiger partial charge in [0.25, 0.3) is 5.92 Å². The molecule has 1 aliphatic carbocycles. The Hall–Kier alpha value is -4.28. The molecule has 6 heterocycles. The molecule has 1 saturated carbocycles. The molecule has 48 heavy (non-hydrogen) atoms. The van der Waals surface area contributed by atoms with Crippen LogP contribution in [0.3, 0.4) is 0 Å². The summed E-state index contributed by atoms with van der Waals surface area (Å²) in [6.45, 7) is 1.22. The van der Waals surface area contributed by atoms with Crippen molar-refractivity contribution in [3.8, 4) is 35.4 Å². The number of nitrogens with one attached hydrogen (secondary N) is 1. The van der Waals surface area contributed by atoms with Gasteiger partial charge in [0, 0.05) is 68.3 Å². The van der Waals surface area contributed by atoms with E-state index in [1.54, 1.807) is 4.90 Å². The highest BCUT2D eigenvalue weighted by Gasteiger charge is 2.77. The third-order valence-electron chi connectivity index (χ3n) is 11.1. The van der Waals surface area contributed by atoms with Gasteiger partial charge in [0.1, 0.15) is 41.4 Å². The minimum atomic E-state index is -2.80. The number of rotatable bonds is 5. The lowest BCUT2D eigenvalue weighted by Gasteiger charge is -2.34. The van der Waals surface area contributed by atoms with Crippen LogP contribution >= 0.6 is 0 Å². The molecule has 9 rings (SSSR count). The maximum Gasteiger partial charge on any atom is 0.319 e. The maximum atomic E-state index is 16.8. The monoisotopic (exact) mass is 662 g/mol. The molecule has 0 radical (unpaired) electrons. The van der Waals surface area contributed by atoms with Gasteiger partial charge in [0.15, 0.2) is 5.82 Å². The summed E-state index contributed by atoms with van der Waals surface area (Å²) < 4.78 is 81.5. The van der Waals surface area contributed by atoms with Gasteiger partial charge in [-0.25, -0.2) is 22.0 Å². The van der Waals surface area contributed by atoms with Crippen molar-refractivity contribution in [1.29, 1.82) is 0 Å². The molecule has 4 aliphatic heterocycles. The van der Waals surface area contributed by atoms with E-state index in [4.69, 9.17) is 16.1 Å². The van der Waals surface area contributed by atoms with Crippen LogP contribution in [0.15, 0.2) is 30.5 Å². The van der Waals surface area contributed by atoms with E-state index in [2.05, 4.69) is 21.2 Å². The highest BCUT2D eigenvalue weighted by Crippen LogP contribution is 2.69. The molecule has 8 nitrogen and oxygen atoms in total. The summed E-state index contributed by atoms with van der Waals surface area (Å²) in [5, 5.41) is 15.0. The first-order chi connectivity index (χ1) is 23.0. The lowest BCUT2D eigenvalue weighted by Crippen LogP contribution is -2.51. The van der Waals surface area contributed by atoms with Gasteiger partial charge in [0.2, 0.25) is 0 Å². The fourth-order valence-electron chi connectivity index (χ4n) is 8.89. The lowest BCUT2D eigenvalue weighted by atomic mass is 9.88. The zero-order valence-corrected chi connectivity index (χ0v) is 25.7. The molecule has 5 fully saturated rings. The number of piperazine rings is 1. The van der Waals surface area contributed by atoms with Crippen LogP contribution in [-0.4, -0.2) is 87.5 Å². The Kier molecular flexibility index (Phi) is 6.29. The molecule has 2 N–H and O–H groups in total. The quantitative estimate of drug-likeness (QED) is 0.219. The molecule has 5 atom stereocenters. The van der Waals surface area contributed by atoms with Crippen LogP contribution < -0.4 is 15.0 Å². The highest BCUT2D eigenvalue weighted by molar-refractivity contribution is 6.03. The maximum absolute atomic E-state index is 16.8. The number of nitrogens with zero attached hydrogens (tertiary/aromatic N) is 5. The zero-order chi connectivity index (χ0) is 33.2. The van der Waals surface area contributed by atoms with Crippen LogP contribution in [0, 0.1) is 29.4 Å². The molecule has 2 bridgehead atoms. The first kappa shape index (κ1) is 29.8. The second-order valence-electron chi connectivity index (χ2n) is 14.2. The van der Waals surface area contributed by atoms with E-state index in [1.807, 2.05) is 4.90 Å². The Morgan fingerprint density at radius 3 is 2.58 bits per heavy atom. The van der Waals surface area contributed by atoms with Crippen LogP contribution in [0.1, 0.15) is 37.7 Å². The van der Waals surface area contributed by atoms with Crippen LogP contribution in [0.5, 0.6) is 11.8 Å². The van der Waals surface area contributed by atoms with Gasteiger partial charge in [-0.15, -0.1) is 6.42 Å². The Labute approximate surface area is 272 Å². The van der Waals surface area contributed by atoms with Crippen molar-refractivity contribution in [3.63, 3.8) is 0 Å². The minimum absolute atomic E-state index is 0.0491. The number of fused-ring (bicyclic) bond motifs is 5. The minimum Gasteiger partial charge on any atom is -0.508 e. The molecule has 5 aliphatic rings. The van der Waals surface area contributed by atoms with Crippen LogP contribution in [-0.2, 0) is 0 Å². The van der Waals surface area contributed by atoms with Crippen molar-refractivity contribution in [2.45, 2.75) is 61.8 Å². The van der Waals surface area contributed by atoms with Crippen molar-refractivity contribution >= 4 is 27.5 Å². The number of phenolic OH excluding ortho intramolecular Hbond substituents is 1. The SMILES string of the molecule is C#Cc1c(F)ccc2cc(O)cc(-c3ncc4c(N5C[C@H]6CC[C@@H](C5)N6)nc(OC[C@]56C[C@H](F)CN5C[C@@]5(CC5(F)F)C6)nc4c3F)c12. The molecule has 1 spiro atoms. The molecule has 0 unspecified atom stereocenters. The topological polar surface area (TPSA) is 86.6 Å². The highest BCUT2D eigenvalue weighted by atomic mass is 19.3. The van der Waals surface area contributed by atoms with Crippen LogP contribution in [0.4, 0.5) is 27.8 Å². The van der Waals surface area contributed by atoms with Gasteiger partial charge in [0.05, 0.1) is 21.9 Å². The van der Waals surface area contributed by atoms with Crippen molar-refractivity contribution in [2.75, 3.05) is 37.7 Å². The van der Waals surface area contributed by atoms with E-state index < -0.39 is 34.7 Å². The predicted molar refractivity (Wildman–Crippen MR) is 168 cm³/mol. The van der Waals surface area contributed by atoms with Crippen molar-refractivity contribution < 1.29 is 31.8 Å². The van der Waals surface area contributed by atoms with Crippen LogP contribution in [0.25, 0.3) is 32.9 Å². The molecular weight excluding hydrogens is 631 g/mol.